The first-order valence-electron chi connectivity index (χ1n) is 10.4. The maximum atomic E-state index is 14.6. The van der Waals surface area contributed by atoms with Gasteiger partial charge in [-0.25, -0.2) is 23.1 Å². The second-order valence-electron chi connectivity index (χ2n) is 7.96. The molecule has 0 radical (unpaired) electrons. The monoisotopic (exact) mass is 472 g/mol. The SMILES string of the molecule is O=C(N[C@@H]1CCCC(Nc2nc(-c3[nH]nc4ncc(F)cc34)c(F)cc2F)C1)c1ccsc1. The molecule has 5 rings (SSSR count). The zero-order valence-electron chi connectivity index (χ0n) is 17.2. The molecule has 0 aliphatic heterocycles. The largest absolute Gasteiger partial charge is 0.365 e. The number of H-pyrrole nitrogens is 1. The highest BCUT2D eigenvalue weighted by Gasteiger charge is 2.26. The van der Waals surface area contributed by atoms with Crippen molar-refractivity contribution >= 4 is 34.1 Å². The van der Waals surface area contributed by atoms with Gasteiger partial charge in [-0.2, -0.15) is 16.4 Å². The highest BCUT2D eigenvalue weighted by molar-refractivity contribution is 7.08. The molecule has 2 atom stereocenters. The van der Waals surface area contributed by atoms with Gasteiger partial charge in [-0.15, -0.1) is 0 Å². The zero-order chi connectivity index (χ0) is 22.9. The summed E-state index contributed by atoms with van der Waals surface area (Å²) in [4.78, 5) is 20.4. The van der Waals surface area contributed by atoms with Crippen LogP contribution in [0.15, 0.2) is 35.2 Å². The van der Waals surface area contributed by atoms with Gasteiger partial charge in [0, 0.05) is 29.1 Å². The molecule has 11 heteroatoms. The lowest BCUT2D eigenvalue weighted by Gasteiger charge is -2.30. The average molecular weight is 472 g/mol. The number of halogens is 3. The number of rotatable bonds is 5. The van der Waals surface area contributed by atoms with E-state index in [-0.39, 0.29) is 46.2 Å². The summed E-state index contributed by atoms with van der Waals surface area (Å²) >= 11 is 1.45. The standard InChI is InChI=1S/C22H19F3N6OS/c23-12-6-15-18(30-31-20(15)26-9-12)19-16(24)8-17(25)21(29-19)27-13-2-1-3-14(7-13)28-22(32)11-4-5-33-10-11/h4-6,8-10,13-14H,1-3,7H2,(H,27,29)(H,28,32)(H,26,30,31)/t13?,14-/m1/s1. The molecule has 33 heavy (non-hydrogen) atoms. The summed E-state index contributed by atoms with van der Waals surface area (Å²) in [5, 5.41) is 16.5. The van der Waals surface area contributed by atoms with E-state index in [1.165, 1.54) is 17.4 Å². The van der Waals surface area contributed by atoms with E-state index in [0.29, 0.717) is 12.0 Å². The molecule has 0 bridgehead atoms. The van der Waals surface area contributed by atoms with E-state index in [9.17, 15) is 18.0 Å². The normalized spacial score (nSPS) is 18.4. The number of aromatic amines is 1. The van der Waals surface area contributed by atoms with Crippen LogP contribution in [-0.4, -0.2) is 38.2 Å². The molecule has 0 saturated heterocycles. The minimum absolute atomic E-state index is 0.0720. The van der Waals surface area contributed by atoms with Crippen molar-refractivity contribution in [1.29, 1.82) is 0 Å². The highest BCUT2D eigenvalue weighted by Crippen LogP contribution is 2.30. The number of pyridine rings is 2. The molecule has 4 aromatic heterocycles. The fourth-order valence-corrected chi connectivity index (χ4v) is 4.74. The molecule has 1 amide bonds. The zero-order valence-corrected chi connectivity index (χ0v) is 18.1. The fraction of sp³-hybridized carbons (Fsp3) is 0.273. The molecule has 4 aromatic rings. The van der Waals surface area contributed by atoms with Crippen LogP contribution in [0.25, 0.3) is 22.4 Å². The van der Waals surface area contributed by atoms with E-state index in [1.54, 1.807) is 11.4 Å². The molecular formula is C22H19F3N6OS. The number of amides is 1. The Bertz CT molecular complexity index is 1310. The quantitative estimate of drug-likeness (QED) is 0.393. The Hall–Kier alpha value is -3.47. The number of thiophene rings is 1. The maximum Gasteiger partial charge on any atom is 0.252 e. The number of nitrogens with one attached hydrogen (secondary N) is 3. The van der Waals surface area contributed by atoms with Gasteiger partial charge in [0.25, 0.3) is 5.91 Å². The van der Waals surface area contributed by atoms with Crippen molar-refractivity contribution in [1.82, 2.24) is 25.5 Å². The predicted molar refractivity (Wildman–Crippen MR) is 118 cm³/mol. The van der Waals surface area contributed by atoms with Crippen molar-refractivity contribution < 1.29 is 18.0 Å². The Morgan fingerprint density at radius 2 is 2.00 bits per heavy atom. The summed E-state index contributed by atoms with van der Waals surface area (Å²) in [6.45, 7) is 0. The molecule has 0 aromatic carbocycles. The van der Waals surface area contributed by atoms with Crippen LogP contribution in [0.2, 0.25) is 0 Å². The van der Waals surface area contributed by atoms with E-state index in [0.717, 1.165) is 31.5 Å². The van der Waals surface area contributed by atoms with Gasteiger partial charge in [-0.1, -0.05) is 0 Å². The van der Waals surface area contributed by atoms with Crippen LogP contribution in [0.3, 0.4) is 0 Å². The summed E-state index contributed by atoms with van der Waals surface area (Å²) in [6, 6.07) is 3.43. The predicted octanol–water partition coefficient (Wildman–Crippen LogP) is 4.65. The first-order chi connectivity index (χ1) is 16.0. The molecule has 1 unspecified atom stereocenters. The van der Waals surface area contributed by atoms with Gasteiger partial charge >= 0.3 is 0 Å². The number of fused-ring (bicyclic) bond motifs is 1. The van der Waals surface area contributed by atoms with Crippen LogP contribution < -0.4 is 10.6 Å². The van der Waals surface area contributed by atoms with Crippen molar-refractivity contribution in [3.8, 4) is 11.4 Å². The lowest BCUT2D eigenvalue weighted by molar-refractivity contribution is 0.0927. The fourth-order valence-electron chi connectivity index (χ4n) is 4.11. The molecule has 170 valence electrons. The second-order valence-corrected chi connectivity index (χ2v) is 8.74. The summed E-state index contributed by atoms with van der Waals surface area (Å²) in [6.07, 6.45) is 3.98. The minimum Gasteiger partial charge on any atom is -0.365 e. The van der Waals surface area contributed by atoms with E-state index in [4.69, 9.17) is 0 Å². The number of carbonyl (C=O) groups excluding carboxylic acids is 1. The summed E-state index contributed by atoms with van der Waals surface area (Å²) in [5.74, 6) is -2.61. The Labute approximate surface area is 190 Å². The molecule has 4 heterocycles. The maximum absolute atomic E-state index is 14.6. The van der Waals surface area contributed by atoms with Gasteiger partial charge in [0.15, 0.2) is 23.1 Å². The van der Waals surface area contributed by atoms with Crippen LogP contribution in [0.4, 0.5) is 19.0 Å². The molecule has 7 nitrogen and oxygen atoms in total. The van der Waals surface area contributed by atoms with Crippen molar-refractivity contribution in [2.45, 2.75) is 37.8 Å². The minimum atomic E-state index is -0.905. The van der Waals surface area contributed by atoms with Gasteiger partial charge in [0.05, 0.1) is 17.3 Å². The summed E-state index contributed by atoms with van der Waals surface area (Å²) < 4.78 is 42.8. The average Bonchev–Trinajstić information content (AvgIpc) is 3.46. The Morgan fingerprint density at radius 3 is 2.82 bits per heavy atom. The van der Waals surface area contributed by atoms with Crippen LogP contribution in [0, 0.1) is 17.5 Å². The number of anilines is 1. The first kappa shape index (κ1) is 21.4. The van der Waals surface area contributed by atoms with Gasteiger partial charge < -0.3 is 10.6 Å². The van der Waals surface area contributed by atoms with Crippen molar-refractivity contribution in [2.75, 3.05) is 5.32 Å². The highest BCUT2D eigenvalue weighted by atomic mass is 32.1. The van der Waals surface area contributed by atoms with E-state index in [1.807, 2.05) is 5.38 Å². The van der Waals surface area contributed by atoms with Gasteiger partial charge in [-0.3, -0.25) is 9.89 Å². The number of hydrogen-bond acceptors (Lipinski definition) is 6. The van der Waals surface area contributed by atoms with Crippen molar-refractivity contribution in [2.24, 2.45) is 0 Å². The molecule has 1 aliphatic carbocycles. The Morgan fingerprint density at radius 1 is 1.15 bits per heavy atom. The molecule has 0 spiro atoms. The van der Waals surface area contributed by atoms with Crippen molar-refractivity contribution in [3.05, 3.63) is 58.2 Å². The van der Waals surface area contributed by atoms with E-state index >= 15 is 0 Å². The van der Waals surface area contributed by atoms with Crippen LogP contribution in [0.1, 0.15) is 36.0 Å². The van der Waals surface area contributed by atoms with Crippen molar-refractivity contribution in [3.63, 3.8) is 0 Å². The van der Waals surface area contributed by atoms with Gasteiger partial charge in [0.2, 0.25) is 0 Å². The molecular weight excluding hydrogens is 453 g/mol. The second kappa shape index (κ2) is 8.81. The number of nitrogens with zero attached hydrogens (tertiary/aromatic N) is 3. The third-order valence-electron chi connectivity index (χ3n) is 5.68. The molecule has 1 fully saturated rings. The molecule has 3 N–H and O–H groups in total. The van der Waals surface area contributed by atoms with Gasteiger partial charge in [-0.05, 0) is 43.2 Å². The third-order valence-corrected chi connectivity index (χ3v) is 6.36. The summed E-state index contributed by atoms with van der Waals surface area (Å²) in [7, 11) is 0. The Balaban J connectivity index is 1.36. The van der Waals surface area contributed by atoms with Crippen LogP contribution >= 0.6 is 11.3 Å². The Kier molecular flexibility index (Phi) is 5.71. The third kappa shape index (κ3) is 4.40. The lowest BCUT2D eigenvalue weighted by Crippen LogP contribution is -2.41. The topological polar surface area (TPSA) is 95.6 Å². The van der Waals surface area contributed by atoms with E-state index in [2.05, 4.69) is 30.8 Å². The van der Waals surface area contributed by atoms with Crippen LogP contribution in [0.5, 0.6) is 0 Å². The smallest absolute Gasteiger partial charge is 0.252 e. The lowest BCUT2D eigenvalue weighted by atomic mass is 9.90. The number of hydrogen-bond donors (Lipinski definition) is 3. The van der Waals surface area contributed by atoms with E-state index < -0.39 is 17.5 Å². The number of carbonyl (C=O) groups is 1. The van der Waals surface area contributed by atoms with Gasteiger partial charge in [0.1, 0.15) is 11.5 Å². The molecule has 1 saturated carbocycles. The van der Waals surface area contributed by atoms with Crippen LogP contribution in [-0.2, 0) is 0 Å². The first-order valence-corrected chi connectivity index (χ1v) is 11.4. The molecule has 1 aliphatic rings. The number of aromatic nitrogens is 4. The summed E-state index contributed by atoms with van der Waals surface area (Å²) in [5.41, 5.74) is 0.737.